The average molecular weight is 349 g/mol. The third-order valence-corrected chi connectivity index (χ3v) is 5.43. The summed E-state index contributed by atoms with van der Waals surface area (Å²) in [6.07, 6.45) is 2.30. The van der Waals surface area contributed by atoms with Crippen molar-refractivity contribution in [1.82, 2.24) is 14.7 Å². The second-order valence-electron chi connectivity index (χ2n) is 5.48. The van der Waals surface area contributed by atoms with Crippen molar-refractivity contribution < 1.29 is 9.53 Å². The number of ether oxygens (including phenoxy) is 1. The van der Waals surface area contributed by atoms with E-state index in [2.05, 4.69) is 21.6 Å². The lowest BCUT2D eigenvalue weighted by atomic mass is 10.1. The van der Waals surface area contributed by atoms with Crippen molar-refractivity contribution in [2.45, 2.75) is 30.2 Å². The molecule has 2 heterocycles. The number of aryl methyl sites for hydroxylation is 1. The highest BCUT2D eigenvalue weighted by atomic mass is 32.2. The molecular formula is C16H19N3O2S2. The first-order chi connectivity index (χ1) is 11.2. The maximum absolute atomic E-state index is 11.9. The van der Waals surface area contributed by atoms with Gasteiger partial charge in [-0.25, -0.2) is 4.98 Å². The van der Waals surface area contributed by atoms with Gasteiger partial charge >= 0.3 is 0 Å². The minimum atomic E-state index is 0.0117. The normalized spacial score (nSPS) is 17.3. The van der Waals surface area contributed by atoms with Gasteiger partial charge in [0.25, 0.3) is 0 Å². The zero-order valence-electron chi connectivity index (χ0n) is 12.9. The first-order valence-electron chi connectivity index (χ1n) is 7.62. The summed E-state index contributed by atoms with van der Waals surface area (Å²) >= 11 is 2.75. The molecule has 23 heavy (non-hydrogen) atoms. The SMILES string of the molecule is Cc1ccc(-c2nsc(SCC(=O)NC[C@H]3CCCO3)n2)cc1. The van der Waals surface area contributed by atoms with E-state index in [1.54, 1.807) is 0 Å². The molecule has 1 N–H and O–H groups in total. The fraction of sp³-hybridized carbons (Fsp3) is 0.438. The van der Waals surface area contributed by atoms with Crippen LogP contribution in [0, 0.1) is 6.92 Å². The van der Waals surface area contributed by atoms with Crippen molar-refractivity contribution in [3.63, 3.8) is 0 Å². The summed E-state index contributed by atoms with van der Waals surface area (Å²) < 4.78 is 10.7. The summed E-state index contributed by atoms with van der Waals surface area (Å²) in [4.78, 5) is 16.3. The summed E-state index contributed by atoms with van der Waals surface area (Å²) in [5.41, 5.74) is 2.21. The van der Waals surface area contributed by atoms with Gasteiger partial charge in [0.2, 0.25) is 5.91 Å². The van der Waals surface area contributed by atoms with Crippen LogP contribution in [-0.4, -0.2) is 40.3 Å². The van der Waals surface area contributed by atoms with E-state index in [4.69, 9.17) is 4.74 Å². The highest BCUT2D eigenvalue weighted by Crippen LogP contribution is 2.25. The average Bonchev–Trinajstić information content (AvgIpc) is 3.23. The smallest absolute Gasteiger partial charge is 0.230 e. The summed E-state index contributed by atoms with van der Waals surface area (Å²) in [7, 11) is 0. The van der Waals surface area contributed by atoms with Gasteiger partial charge in [0.1, 0.15) is 0 Å². The van der Waals surface area contributed by atoms with Crippen LogP contribution in [0.2, 0.25) is 0 Å². The Balaban J connectivity index is 1.47. The molecule has 1 aliphatic heterocycles. The fourth-order valence-electron chi connectivity index (χ4n) is 2.30. The molecule has 0 radical (unpaired) electrons. The van der Waals surface area contributed by atoms with Crippen LogP contribution in [0.15, 0.2) is 28.6 Å². The number of carbonyl (C=O) groups is 1. The molecule has 1 aliphatic rings. The van der Waals surface area contributed by atoms with Gasteiger partial charge in [-0.15, -0.1) is 0 Å². The predicted molar refractivity (Wildman–Crippen MR) is 92.8 cm³/mol. The third-order valence-electron chi connectivity index (χ3n) is 3.59. The van der Waals surface area contributed by atoms with Gasteiger partial charge in [-0.2, -0.15) is 4.37 Å². The molecule has 3 rings (SSSR count). The monoisotopic (exact) mass is 349 g/mol. The molecule has 0 aliphatic carbocycles. The first-order valence-corrected chi connectivity index (χ1v) is 9.38. The molecule has 1 aromatic carbocycles. The number of carbonyl (C=O) groups excluding carboxylic acids is 1. The molecule has 7 heteroatoms. The van der Waals surface area contributed by atoms with Gasteiger partial charge in [-0.3, -0.25) is 4.79 Å². The zero-order chi connectivity index (χ0) is 16.1. The van der Waals surface area contributed by atoms with Crippen LogP contribution in [0.25, 0.3) is 11.4 Å². The summed E-state index contributed by atoms with van der Waals surface area (Å²) in [6.45, 7) is 3.46. The van der Waals surface area contributed by atoms with Crippen LogP contribution < -0.4 is 5.32 Å². The van der Waals surface area contributed by atoms with Crippen molar-refractivity contribution in [2.24, 2.45) is 0 Å². The Labute approximate surface area is 144 Å². The fourth-order valence-corrected chi connectivity index (χ4v) is 3.74. The molecule has 0 unspecified atom stereocenters. The molecular weight excluding hydrogens is 330 g/mol. The van der Waals surface area contributed by atoms with E-state index in [1.165, 1.54) is 28.9 Å². The van der Waals surface area contributed by atoms with Crippen LogP contribution >= 0.6 is 23.3 Å². The molecule has 122 valence electrons. The lowest BCUT2D eigenvalue weighted by Gasteiger charge is -2.09. The van der Waals surface area contributed by atoms with Crippen LogP contribution in [0.5, 0.6) is 0 Å². The predicted octanol–water partition coefficient (Wildman–Crippen LogP) is 2.90. The van der Waals surface area contributed by atoms with E-state index in [9.17, 15) is 4.79 Å². The van der Waals surface area contributed by atoms with Crippen molar-refractivity contribution >= 4 is 29.2 Å². The summed E-state index contributed by atoms with van der Waals surface area (Å²) in [5.74, 6) is 1.09. The van der Waals surface area contributed by atoms with Gasteiger partial charge in [0.05, 0.1) is 11.9 Å². The number of nitrogens with zero attached hydrogens (tertiary/aromatic N) is 2. The van der Waals surface area contributed by atoms with Gasteiger partial charge in [-0.1, -0.05) is 41.6 Å². The van der Waals surface area contributed by atoms with E-state index < -0.39 is 0 Å². The quantitative estimate of drug-likeness (QED) is 0.813. The first kappa shape index (κ1) is 16.4. The highest BCUT2D eigenvalue weighted by Gasteiger charge is 2.16. The third kappa shape index (κ3) is 4.76. The molecule has 1 saturated heterocycles. The van der Waals surface area contributed by atoms with Crippen LogP contribution in [-0.2, 0) is 9.53 Å². The second kappa shape index (κ2) is 7.90. The Hall–Kier alpha value is -1.44. The van der Waals surface area contributed by atoms with Gasteiger partial charge in [0, 0.05) is 18.7 Å². The minimum absolute atomic E-state index is 0.0117. The van der Waals surface area contributed by atoms with Crippen molar-refractivity contribution in [3.8, 4) is 11.4 Å². The molecule has 0 saturated carbocycles. The molecule has 2 aromatic rings. The van der Waals surface area contributed by atoms with Crippen LogP contribution in [0.4, 0.5) is 0 Å². The Morgan fingerprint density at radius 3 is 3.00 bits per heavy atom. The Morgan fingerprint density at radius 1 is 1.43 bits per heavy atom. The molecule has 1 aromatic heterocycles. The standard InChI is InChI=1S/C16H19N3O2S2/c1-11-4-6-12(7-5-11)15-18-16(23-19-15)22-10-14(20)17-9-13-3-2-8-21-13/h4-7,13H,2-3,8-10H2,1H3,(H,17,20)/t13-/m1/s1. The van der Waals surface area contributed by atoms with Crippen molar-refractivity contribution in [2.75, 3.05) is 18.9 Å². The maximum Gasteiger partial charge on any atom is 0.230 e. The number of amides is 1. The topological polar surface area (TPSA) is 64.1 Å². The number of aromatic nitrogens is 2. The summed E-state index contributed by atoms with van der Waals surface area (Å²) in [6, 6.07) is 8.11. The number of thioether (sulfide) groups is 1. The molecule has 1 amide bonds. The largest absolute Gasteiger partial charge is 0.376 e. The number of nitrogens with one attached hydrogen (secondary N) is 1. The van der Waals surface area contributed by atoms with Gasteiger partial charge < -0.3 is 10.1 Å². The Bertz CT molecular complexity index is 652. The van der Waals surface area contributed by atoms with Gasteiger partial charge in [0.15, 0.2) is 10.2 Å². The van der Waals surface area contributed by atoms with E-state index >= 15 is 0 Å². The number of benzene rings is 1. The molecule has 5 nitrogen and oxygen atoms in total. The lowest BCUT2D eigenvalue weighted by molar-refractivity contribution is -0.119. The number of hydrogen-bond donors (Lipinski definition) is 1. The lowest BCUT2D eigenvalue weighted by Crippen LogP contribution is -2.32. The molecule has 1 fully saturated rings. The number of rotatable bonds is 6. The van der Waals surface area contributed by atoms with E-state index in [0.29, 0.717) is 12.3 Å². The Kier molecular flexibility index (Phi) is 5.64. The van der Waals surface area contributed by atoms with E-state index in [0.717, 1.165) is 35.2 Å². The highest BCUT2D eigenvalue weighted by molar-refractivity contribution is 8.01. The van der Waals surface area contributed by atoms with Crippen LogP contribution in [0.3, 0.4) is 0 Å². The summed E-state index contributed by atoms with van der Waals surface area (Å²) in [5, 5.41) is 2.91. The minimum Gasteiger partial charge on any atom is -0.376 e. The zero-order valence-corrected chi connectivity index (χ0v) is 14.6. The van der Waals surface area contributed by atoms with E-state index in [-0.39, 0.29) is 12.0 Å². The molecule has 1 atom stereocenters. The van der Waals surface area contributed by atoms with E-state index in [1.807, 2.05) is 24.3 Å². The molecule has 0 spiro atoms. The molecule has 0 bridgehead atoms. The van der Waals surface area contributed by atoms with Gasteiger partial charge in [-0.05, 0) is 31.3 Å². The van der Waals surface area contributed by atoms with Crippen LogP contribution in [0.1, 0.15) is 18.4 Å². The van der Waals surface area contributed by atoms with Crippen molar-refractivity contribution in [3.05, 3.63) is 29.8 Å². The maximum atomic E-state index is 11.9. The Morgan fingerprint density at radius 2 is 2.26 bits per heavy atom. The van der Waals surface area contributed by atoms with Crippen molar-refractivity contribution in [1.29, 1.82) is 0 Å². The second-order valence-corrected chi connectivity index (χ2v) is 7.45. The number of hydrogen-bond acceptors (Lipinski definition) is 6.